The molecule has 9 atom stereocenters. The van der Waals surface area contributed by atoms with Gasteiger partial charge in [0.05, 0.1) is 24.7 Å². The molecular formula is C21H26O12. The fourth-order valence-corrected chi connectivity index (χ4v) is 3.84. The molecule has 2 aliphatic rings. The molecule has 0 amide bonds. The highest BCUT2D eigenvalue weighted by atomic mass is 16.7. The summed E-state index contributed by atoms with van der Waals surface area (Å²) in [5, 5.41) is 60.7. The van der Waals surface area contributed by atoms with E-state index in [0.717, 1.165) is 11.6 Å². The van der Waals surface area contributed by atoms with Crippen molar-refractivity contribution >= 4 is 11.0 Å². The summed E-state index contributed by atoms with van der Waals surface area (Å²) >= 11 is 0. The van der Waals surface area contributed by atoms with Crippen LogP contribution in [0.5, 0.6) is 5.75 Å². The van der Waals surface area contributed by atoms with Gasteiger partial charge in [0.15, 0.2) is 6.29 Å². The largest absolute Gasteiger partial charge is 0.461 e. The minimum Gasteiger partial charge on any atom is -0.461 e. The zero-order valence-corrected chi connectivity index (χ0v) is 17.6. The highest BCUT2D eigenvalue weighted by Crippen LogP contribution is 2.31. The Labute approximate surface area is 187 Å². The molecule has 0 bridgehead atoms. The van der Waals surface area contributed by atoms with Gasteiger partial charge in [0, 0.05) is 0 Å². The Bertz CT molecular complexity index is 1020. The zero-order chi connectivity index (χ0) is 23.9. The monoisotopic (exact) mass is 470 g/mol. The highest BCUT2D eigenvalue weighted by molar-refractivity contribution is 5.86. The smallest absolute Gasteiger partial charge is 0.339 e. The van der Waals surface area contributed by atoms with E-state index in [2.05, 4.69) is 0 Å². The Morgan fingerprint density at radius 3 is 2.45 bits per heavy atom. The summed E-state index contributed by atoms with van der Waals surface area (Å²) in [5.74, 6) is 0.0507. The average Bonchev–Trinajstić information content (AvgIpc) is 2.78. The lowest BCUT2D eigenvalue weighted by Crippen LogP contribution is -2.61. The van der Waals surface area contributed by atoms with Gasteiger partial charge in [0.2, 0.25) is 6.29 Å². The van der Waals surface area contributed by atoms with E-state index in [1.165, 1.54) is 0 Å². The van der Waals surface area contributed by atoms with E-state index in [4.69, 9.17) is 23.4 Å². The number of rotatable bonds is 5. The molecule has 12 heteroatoms. The summed E-state index contributed by atoms with van der Waals surface area (Å²) in [5.41, 5.74) is 0.284. The number of hydrogen-bond acceptors (Lipinski definition) is 12. The predicted octanol–water partition coefficient (Wildman–Crippen LogP) is -2.26. The van der Waals surface area contributed by atoms with E-state index in [9.17, 15) is 35.4 Å². The molecule has 3 heterocycles. The minimum atomic E-state index is -1.69. The van der Waals surface area contributed by atoms with Crippen molar-refractivity contribution in [3.63, 3.8) is 0 Å². The summed E-state index contributed by atoms with van der Waals surface area (Å²) in [6.07, 6.45) is -13.3. The Morgan fingerprint density at radius 1 is 0.970 bits per heavy atom. The first-order valence-electron chi connectivity index (χ1n) is 10.3. The van der Waals surface area contributed by atoms with Crippen molar-refractivity contribution in [2.75, 3.05) is 13.2 Å². The molecule has 0 aliphatic carbocycles. The Kier molecular flexibility index (Phi) is 7.00. The summed E-state index contributed by atoms with van der Waals surface area (Å²) in [6, 6.07) is 6.11. The van der Waals surface area contributed by atoms with Crippen LogP contribution in [0.3, 0.4) is 0 Å². The predicted molar refractivity (Wildman–Crippen MR) is 108 cm³/mol. The van der Waals surface area contributed by atoms with Crippen molar-refractivity contribution < 1.29 is 54.0 Å². The quantitative estimate of drug-likeness (QED) is 0.258. The molecule has 4 rings (SSSR count). The average molecular weight is 470 g/mol. The van der Waals surface area contributed by atoms with Crippen molar-refractivity contribution in [2.45, 2.75) is 62.2 Å². The molecule has 182 valence electrons. The molecule has 0 saturated carbocycles. The van der Waals surface area contributed by atoms with Crippen LogP contribution in [0, 0.1) is 6.92 Å². The van der Waals surface area contributed by atoms with E-state index in [1.54, 1.807) is 25.1 Å². The van der Waals surface area contributed by atoms with Crippen LogP contribution in [0.1, 0.15) is 5.56 Å². The molecule has 2 fully saturated rings. The van der Waals surface area contributed by atoms with Gasteiger partial charge in [0.1, 0.15) is 54.1 Å². The highest BCUT2D eigenvalue weighted by Gasteiger charge is 2.46. The van der Waals surface area contributed by atoms with Gasteiger partial charge in [-0.25, -0.2) is 4.79 Å². The van der Waals surface area contributed by atoms with Crippen molar-refractivity contribution in [3.8, 4) is 5.75 Å². The van der Waals surface area contributed by atoms with Gasteiger partial charge in [-0.1, -0.05) is 12.1 Å². The minimum absolute atomic E-state index is 0.0507. The van der Waals surface area contributed by atoms with Crippen molar-refractivity contribution in [2.24, 2.45) is 0 Å². The standard InChI is InChI=1S/C21H26O12/c1-8-3-2-4-10-14(8)11(5-13(23)31-10)32-21-19(28)17(26)16(25)12(33-21)7-30-20-18(27)15(24)9(22)6-29-20/h2-5,9,12,15-22,24-28H,6-7H2,1H3. The van der Waals surface area contributed by atoms with Gasteiger partial charge in [0.25, 0.3) is 0 Å². The van der Waals surface area contributed by atoms with Crippen LogP contribution >= 0.6 is 0 Å². The number of fused-ring (bicyclic) bond motifs is 1. The summed E-state index contributed by atoms with van der Waals surface area (Å²) in [6.45, 7) is 1.06. The fourth-order valence-electron chi connectivity index (χ4n) is 3.84. The zero-order valence-electron chi connectivity index (χ0n) is 17.6. The molecule has 12 nitrogen and oxygen atoms in total. The molecule has 1 aromatic carbocycles. The van der Waals surface area contributed by atoms with Crippen LogP contribution in [0.25, 0.3) is 11.0 Å². The van der Waals surface area contributed by atoms with E-state index in [0.29, 0.717) is 5.39 Å². The molecule has 2 saturated heterocycles. The Balaban J connectivity index is 1.51. The van der Waals surface area contributed by atoms with Crippen LogP contribution < -0.4 is 10.4 Å². The second-order valence-electron chi connectivity index (χ2n) is 8.09. The maximum absolute atomic E-state index is 11.9. The fraction of sp³-hybridized carbons (Fsp3) is 0.571. The molecule has 6 N–H and O–H groups in total. The third-order valence-corrected chi connectivity index (χ3v) is 5.73. The number of benzene rings is 1. The number of aliphatic hydroxyl groups is 6. The first kappa shape index (κ1) is 24.0. The molecule has 33 heavy (non-hydrogen) atoms. The van der Waals surface area contributed by atoms with Gasteiger partial charge >= 0.3 is 5.63 Å². The van der Waals surface area contributed by atoms with Gasteiger partial charge in [-0.3, -0.25) is 0 Å². The van der Waals surface area contributed by atoms with Crippen LogP contribution in [0.4, 0.5) is 0 Å². The van der Waals surface area contributed by atoms with E-state index in [-0.39, 0.29) is 17.9 Å². The van der Waals surface area contributed by atoms with E-state index in [1.807, 2.05) is 0 Å². The second kappa shape index (κ2) is 9.62. The normalized spacial score (nSPS) is 37.2. The third kappa shape index (κ3) is 4.75. The molecule has 0 radical (unpaired) electrons. The summed E-state index contributed by atoms with van der Waals surface area (Å²) in [4.78, 5) is 11.9. The Morgan fingerprint density at radius 2 is 1.70 bits per heavy atom. The molecule has 1 aromatic heterocycles. The van der Waals surface area contributed by atoms with E-state index < -0.39 is 67.5 Å². The van der Waals surface area contributed by atoms with Gasteiger partial charge in [-0.05, 0) is 18.6 Å². The number of ether oxygens (including phenoxy) is 4. The lowest BCUT2D eigenvalue weighted by atomic mass is 9.99. The van der Waals surface area contributed by atoms with Gasteiger partial charge < -0.3 is 54.0 Å². The van der Waals surface area contributed by atoms with Gasteiger partial charge in [-0.15, -0.1) is 0 Å². The van der Waals surface area contributed by atoms with Crippen LogP contribution in [0.15, 0.2) is 33.5 Å². The van der Waals surface area contributed by atoms with Crippen LogP contribution in [-0.4, -0.2) is 99.2 Å². The summed E-state index contributed by atoms with van der Waals surface area (Å²) in [7, 11) is 0. The number of aliphatic hydroxyl groups excluding tert-OH is 6. The van der Waals surface area contributed by atoms with Crippen LogP contribution in [-0.2, 0) is 14.2 Å². The van der Waals surface area contributed by atoms with Crippen molar-refractivity contribution in [1.29, 1.82) is 0 Å². The number of hydrogen-bond donors (Lipinski definition) is 6. The lowest BCUT2D eigenvalue weighted by Gasteiger charge is -2.41. The molecule has 2 aliphatic heterocycles. The summed E-state index contributed by atoms with van der Waals surface area (Å²) < 4.78 is 27.0. The first-order valence-corrected chi connectivity index (χ1v) is 10.3. The molecule has 9 unspecified atom stereocenters. The van der Waals surface area contributed by atoms with Crippen molar-refractivity contribution in [3.05, 3.63) is 40.2 Å². The van der Waals surface area contributed by atoms with Crippen LogP contribution in [0.2, 0.25) is 0 Å². The van der Waals surface area contributed by atoms with Crippen molar-refractivity contribution in [1.82, 2.24) is 0 Å². The molecular weight excluding hydrogens is 444 g/mol. The first-order chi connectivity index (χ1) is 15.7. The maximum Gasteiger partial charge on any atom is 0.339 e. The lowest BCUT2D eigenvalue weighted by molar-refractivity contribution is -0.307. The Hall–Kier alpha value is -2.13. The number of aryl methyl sites for hydroxylation is 1. The van der Waals surface area contributed by atoms with Gasteiger partial charge in [-0.2, -0.15) is 0 Å². The maximum atomic E-state index is 11.9. The topological polar surface area (TPSA) is 189 Å². The van der Waals surface area contributed by atoms with E-state index >= 15 is 0 Å². The molecule has 0 spiro atoms. The third-order valence-electron chi connectivity index (χ3n) is 5.73. The molecule has 2 aromatic rings. The second-order valence-corrected chi connectivity index (χ2v) is 8.09. The SMILES string of the molecule is Cc1cccc2oc(=O)cc(OC3OC(COC4OCC(O)C(O)C4O)C(O)C(O)C3O)c12.